The van der Waals surface area contributed by atoms with Gasteiger partial charge in [0.1, 0.15) is 0 Å². The SMILES string of the molecule is C=CCc1ccc(C)cc1N. The Balaban J connectivity index is 2.98. The number of hydrogen-bond donors (Lipinski definition) is 1. The Morgan fingerprint density at radius 2 is 2.27 bits per heavy atom. The molecule has 0 atom stereocenters. The van der Waals surface area contributed by atoms with Crippen LogP contribution < -0.4 is 5.73 Å². The third-order valence-corrected chi connectivity index (χ3v) is 1.67. The van der Waals surface area contributed by atoms with E-state index in [1.165, 1.54) is 5.56 Å². The van der Waals surface area contributed by atoms with E-state index in [0.717, 1.165) is 17.7 Å². The number of allylic oxidation sites excluding steroid dienone is 1. The average molecular weight is 147 g/mol. The normalized spacial score (nSPS) is 9.55. The second kappa shape index (κ2) is 3.24. The number of benzene rings is 1. The number of nitrogens with two attached hydrogens (primary N) is 1. The first kappa shape index (κ1) is 7.86. The van der Waals surface area contributed by atoms with Crippen molar-refractivity contribution in [2.24, 2.45) is 0 Å². The summed E-state index contributed by atoms with van der Waals surface area (Å²) in [6.45, 7) is 5.70. The highest BCUT2D eigenvalue weighted by atomic mass is 14.6. The molecule has 0 heterocycles. The fraction of sp³-hybridized carbons (Fsp3) is 0.200. The predicted molar refractivity (Wildman–Crippen MR) is 49.5 cm³/mol. The molecule has 1 aromatic rings. The summed E-state index contributed by atoms with van der Waals surface area (Å²) in [5.41, 5.74) is 8.99. The predicted octanol–water partition coefficient (Wildman–Crippen LogP) is 2.31. The molecule has 0 fully saturated rings. The molecule has 0 amide bonds. The standard InChI is InChI=1S/C10H13N/c1-3-4-9-6-5-8(2)7-10(9)11/h3,5-7H,1,4,11H2,2H3. The average Bonchev–Trinajstić information content (AvgIpc) is 1.95. The van der Waals surface area contributed by atoms with Crippen LogP contribution in [0.1, 0.15) is 11.1 Å². The van der Waals surface area contributed by atoms with Crippen LogP contribution in [0.15, 0.2) is 30.9 Å². The van der Waals surface area contributed by atoms with E-state index in [9.17, 15) is 0 Å². The molecule has 0 saturated carbocycles. The van der Waals surface area contributed by atoms with Gasteiger partial charge in [-0.1, -0.05) is 18.2 Å². The summed E-state index contributed by atoms with van der Waals surface area (Å²) in [5, 5.41) is 0. The molecule has 0 saturated heterocycles. The van der Waals surface area contributed by atoms with Crippen molar-refractivity contribution in [3.8, 4) is 0 Å². The van der Waals surface area contributed by atoms with Gasteiger partial charge in [0.25, 0.3) is 0 Å². The van der Waals surface area contributed by atoms with Gasteiger partial charge in [0.05, 0.1) is 0 Å². The lowest BCUT2D eigenvalue weighted by atomic mass is 10.1. The van der Waals surface area contributed by atoms with E-state index in [-0.39, 0.29) is 0 Å². The van der Waals surface area contributed by atoms with Crippen molar-refractivity contribution in [3.63, 3.8) is 0 Å². The van der Waals surface area contributed by atoms with E-state index in [0.29, 0.717) is 0 Å². The molecule has 0 spiro atoms. The molecule has 0 radical (unpaired) electrons. The summed E-state index contributed by atoms with van der Waals surface area (Å²) in [4.78, 5) is 0. The summed E-state index contributed by atoms with van der Waals surface area (Å²) in [5.74, 6) is 0. The second-order valence-electron chi connectivity index (χ2n) is 2.70. The first-order chi connectivity index (χ1) is 5.24. The number of rotatable bonds is 2. The first-order valence-corrected chi connectivity index (χ1v) is 3.70. The summed E-state index contributed by atoms with van der Waals surface area (Å²) < 4.78 is 0. The molecule has 1 aromatic carbocycles. The molecule has 0 aliphatic carbocycles. The summed E-state index contributed by atoms with van der Waals surface area (Å²) in [6.07, 6.45) is 2.72. The highest BCUT2D eigenvalue weighted by molar-refractivity contribution is 5.49. The van der Waals surface area contributed by atoms with Crippen molar-refractivity contribution in [1.82, 2.24) is 0 Å². The molecule has 1 rings (SSSR count). The van der Waals surface area contributed by atoms with Crippen LogP contribution in [0, 0.1) is 6.92 Å². The third-order valence-electron chi connectivity index (χ3n) is 1.67. The highest BCUT2D eigenvalue weighted by Gasteiger charge is 1.95. The summed E-state index contributed by atoms with van der Waals surface area (Å²) in [7, 11) is 0. The lowest BCUT2D eigenvalue weighted by Crippen LogP contribution is -1.92. The minimum Gasteiger partial charge on any atom is -0.398 e. The Hall–Kier alpha value is -1.24. The van der Waals surface area contributed by atoms with Crippen LogP contribution in [-0.4, -0.2) is 0 Å². The molecule has 1 heteroatoms. The van der Waals surface area contributed by atoms with Crippen molar-refractivity contribution in [1.29, 1.82) is 0 Å². The van der Waals surface area contributed by atoms with Gasteiger partial charge in [-0.15, -0.1) is 6.58 Å². The number of hydrogen-bond acceptors (Lipinski definition) is 1. The van der Waals surface area contributed by atoms with E-state index in [1.807, 2.05) is 25.1 Å². The van der Waals surface area contributed by atoms with Gasteiger partial charge in [-0.3, -0.25) is 0 Å². The Labute approximate surface area is 67.5 Å². The van der Waals surface area contributed by atoms with Gasteiger partial charge >= 0.3 is 0 Å². The van der Waals surface area contributed by atoms with Crippen LogP contribution in [0.2, 0.25) is 0 Å². The smallest absolute Gasteiger partial charge is 0.0352 e. The van der Waals surface area contributed by atoms with Gasteiger partial charge in [-0.05, 0) is 30.5 Å². The van der Waals surface area contributed by atoms with Gasteiger partial charge in [0, 0.05) is 5.69 Å². The lowest BCUT2D eigenvalue weighted by Gasteiger charge is -2.02. The molecule has 0 unspecified atom stereocenters. The Morgan fingerprint density at radius 3 is 2.82 bits per heavy atom. The topological polar surface area (TPSA) is 26.0 Å². The van der Waals surface area contributed by atoms with Crippen LogP contribution in [0.25, 0.3) is 0 Å². The van der Waals surface area contributed by atoms with Crippen LogP contribution >= 0.6 is 0 Å². The fourth-order valence-electron chi connectivity index (χ4n) is 1.06. The number of anilines is 1. The third kappa shape index (κ3) is 1.84. The summed E-state index contributed by atoms with van der Waals surface area (Å²) in [6, 6.07) is 6.10. The molecule has 2 N–H and O–H groups in total. The Kier molecular flexibility index (Phi) is 2.32. The molecule has 0 aliphatic heterocycles. The summed E-state index contributed by atoms with van der Waals surface area (Å²) >= 11 is 0. The van der Waals surface area contributed by atoms with E-state index < -0.39 is 0 Å². The van der Waals surface area contributed by atoms with Crippen LogP contribution in [-0.2, 0) is 6.42 Å². The molecular formula is C10H13N. The molecule has 0 aliphatic rings. The van der Waals surface area contributed by atoms with E-state index >= 15 is 0 Å². The van der Waals surface area contributed by atoms with Gasteiger partial charge in [0.15, 0.2) is 0 Å². The van der Waals surface area contributed by atoms with Gasteiger partial charge in [-0.25, -0.2) is 0 Å². The Morgan fingerprint density at radius 1 is 1.55 bits per heavy atom. The largest absolute Gasteiger partial charge is 0.398 e. The maximum absolute atomic E-state index is 5.76. The zero-order valence-corrected chi connectivity index (χ0v) is 6.80. The van der Waals surface area contributed by atoms with Crippen molar-refractivity contribution in [2.75, 3.05) is 5.73 Å². The lowest BCUT2D eigenvalue weighted by molar-refractivity contribution is 1.27. The van der Waals surface area contributed by atoms with E-state index in [1.54, 1.807) is 0 Å². The van der Waals surface area contributed by atoms with Crippen molar-refractivity contribution >= 4 is 5.69 Å². The maximum atomic E-state index is 5.76. The minimum absolute atomic E-state index is 0.853. The first-order valence-electron chi connectivity index (χ1n) is 3.70. The zero-order chi connectivity index (χ0) is 8.27. The van der Waals surface area contributed by atoms with Crippen molar-refractivity contribution in [2.45, 2.75) is 13.3 Å². The highest BCUT2D eigenvalue weighted by Crippen LogP contribution is 2.14. The fourth-order valence-corrected chi connectivity index (χ4v) is 1.06. The van der Waals surface area contributed by atoms with Crippen LogP contribution in [0.4, 0.5) is 5.69 Å². The van der Waals surface area contributed by atoms with Gasteiger partial charge < -0.3 is 5.73 Å². The molecule has 0 bridgehead atoms. The van der Waals surface area contributed by atoms with Gasteiger partial charge in [-0.2, -0.15) is 0 Å². The maximum Gasteiger partial charge on any atom is 0.0352 e. The van der Waals surface area contributed by atoms with E-state index in [2.05, 4.69) is 12.6 Å². The van der Waals surface area contributed by atoms with Gasteiger partial charge in [0.2, 0.25) is 0 Å². The number of nitrogen functional groups attached to an aromatic ring is 1. The quantitative estimate of drug-likeness (QED) is 0.504. The zero-order valence-electron chi connectivity index (χ0n) is 6.80. The van der Waals surface area contributed by atoms with E-state index in [4.69, 9.17) is 5.73 Å². The molecule has 1 nitrogen and oxygen atoms in total. The Bertz CT molecular complexity index is 264. The minimum atomic E-state index is 0.853. The second-order valence-corrected chi connectivity index (χ2v) is 2.70. The van der Waals surface area contributed by atoms with Crippen LogP contribution in [0.3, 0.4) is 0 Å². The molecule has 0 aromatic heterocycles. The molecule has 58 valence electrons. The monoisotopic (exact) mass is 147 g/mol. The van der Waals surface area contributed by atoms with Crippen LogP contribution in [0.5, 0.6) is 0 Å². The van der Waals surface area contributed by atoms with Crippen molar-refractivity contribution < 1.29 is 0 Å². The molecule has 11 heavy (non-hydrogen) atoms. The number of aryl methyl sites for hydroxylation is 1. The van der Waals surface area contributed by atoms with Crippen molar-refractivity contribution in [3.05, 3.63) is 42.0 Å². The molecular weight excluding hydrogens is 134 g/mol.